The summed E-state index contributed by atoms with van der Waals surface area (Å²) in [5.41, 5.74) is 3.72. The summed E-state index contributed by atoms with van der Waals surface area (Å²) in [6.45, 7) is 3.84. The van der Waals surface area contributed by atoms with Crippen molar-refractivity contribution in [3.05, 3.63) is 47.3 Å². The van der Waals surface area contributed by atoms with Crippen molar-refractivity contribution in [1.82, 2.24) is 20.7 Å². The molecule has 0 unspecified atom stereocenters. The number of hydrogen-bond donors (Lipinski definition) is 2. The van der Waals surface area contributed by atoms with Crippen LogP contribution in [0.1, 0.15) is 30.2 Å². The summed E-state index contributed by atoms with van der Waals surface area (Å²) in [6.07, 6.45) is 4.09. The molecule has 0 aliphatic heterocycles. The SMILES string of the molecule is CCCc1ccc(CNCc2cnn[nH]2)cc1. The van der Waals surface area contributed by atoms with E-state index in [2.05, 4.69) is 51.9 Å². The molecule has 1 heterocycles. The van der Waals surface area contributed by atoms with Crippen LogP contribution >= 0.6 is 0 Å². The van der Waals surface area contributed by atoms with Gasteiger partial charge in [0.25, 0.3) is 0 Å². The molecule has 0 fully saturated rings. The fourth-order valence-corrected chi connectivity index (χ4v) is 1.76. The molecule has 0 saturated carbocycles. The largest absolute Gasteiger partial charge is 0.307 e. The van der Waals surface area contributed by atoms with Gasteiger partial charge in [-0.05, 0) is 17.5 Å². The monoisotopic (exact) mass is 230 g/mol. The molecule has 1 aromatic heterocycles. The topological polar surface area (TPSA) is 53.6 Å². The van der Waals surface area contributed by atoms with Crippen molar-refractivity contribution in [1.29, 1.82) is 0 Å². The van der Waals surface area contributed by atoms with Crippen LogP contribution in [0.25, 0.3) is 0 Å². The number of aryl methyl sites for hydroxylation is 1. The van der Waals surface area contributed by atoms with Gasteiger partial charge in [-0.1, -0.05) is 42.8 Å². The van der Waals surface area contributed by atoms with Gasteiger partial charge in [0.2, 0.25) is 0 Å². The van der Waals surface area contributed by atoms with E-state index in [9.17, 15) is 0 Å². The molecule has 4 heteroatoms. The highest BCUT2D eigenvalue weighted by Crippen LogP contribution is 2.06. The highest BCUT2D eigenvalue weighted by molar-refractivity contribution is 5.22. The molecular formula is C13H18N4. The molecule has 0 bridgehead atoms. The lowest BCUT2D eigenvalue weighted by Crippen LogP contribution is -2.12. The number of H-pyrrole nitrogens is 1. The molecule has 0 spiro atoms. The molecular weight excluding hydrogens is 212 g/mol. The normalized spacial score (nSPS) is 10.6. The Morgan fingerprint density at radius 1 is 1.12 bits per heavy atom. The van der Waals surface area contributed by atoms with E-state index in [0.717, 1.165) is 25.2 Å². The van der Waals surface area contributed by atoms with Crippen molar-refractivity contribution < 1.29 is 0 Å². The van der Waals surface area contributed by atoms with E-state index in [1.54, 1.807) is 6.20 Å². The molecule has 2 aromatic rings. The van der Waals surface area contributed by atoms with Crippen LogP contribution in [0.3, 0.4) is 0 Å². The fraction of sp³-hybridized carbons (Fsp3) is 0.385. The van der Waals surface area contributed by atoms with E-state index >= 15 is 0 Å². The van der Waals surface area contributed by atoms with Gasteiger partial charge in [0, 0.05) is 13.1 Å². The van der Waals surface area contributed by atoms with Gasteiger partial charge < -0.3 is 5.32 Å². The molecule has 4 nitrogen and oxygen atoms in total. The van der Waals surface area contributed by atoms with Crippen LogP contribution in [0.15, 0.2) is 30.5 Å². The molecule has 1 aromatic carbocycles. The van der Waals surface area contributed by atoms with Crippen LogP contribution in [-0.2, 0) is 19.5 Å². The lowest BCUT2D eigenvalue weighted by Gasteiger charge is -2.04. The Morgan fingerprint density at radius 3 is 2.53 bits per heavy atom. The van der Waals surface area contributed by atoms with E-state index < -0.39 is 0 Å². The number of nitrogens with one attached hydrogen (secondary N) is 2. The number of aromatic nitrogens is 3. The Labute approximate surface area is 101 Å². The number of rotatable bonds is 6. The standard InChI is InChI=1S/C13H18N4/c1-2-3-11-4-6-12(7-5-11)8-14-9-13-10-15-17-16-13/h4-7,10,14H,2-3,8-9H2,1H3,(H,15,16,17). The summed E-state index contributed by atoms with van der Waals surface area (Å²) in [6, 6.07) is 8.78. The van der Waals surface area contributed by atoms with Gasteiger partial charge in [0.05, 0.1) is 11.9 Å². The van der Waals surface area contributed by atoms with E-state index in [0.29, 0.717) is 0 Å². The minimum absolute atomic E-state index is 0.768. The van der Waals surface area contributed by atoms with Gasteiger partial charge in [-0.15, -0.1) is 5.10 Å². The summed E-state index contributed by atoms with van der Waals surface area (Å²) >= 11 is 0. The van der Waals surface area contributed by atoms with E-state index in [1.807, 2.05) is 0 Å². The molecule has 0 aliphatic rings. The molecule has 0 aliphatic carbocycles. The highest BCUT2D eigenvalue weighted by atomic mass is 15.3. The summed E-state index contributed by atoms with van der Waals surface area (Å²) in [4.78, 5) is 0. The lowest BCUT2D eigenvalue weighted by atomic mass is 10.1. The second-order valence-corrected chi connectivity index (χ2v) is 4.15. The van der Waals surface area contributed by atoms with Gasteiger partial charge in [-0.3, -0.25) is 5.10 Å². The van der Waals surface area contributed by atoms with Gasteiger partial charge in [0.1, 0.15) is 0 Å². The number of hydrogen-bond acceptors (Lipinski definition) is 3. The predicted octanol–water partition coefficient (Wildman–Crippen LogP) is 2.05. The Morgan fingerprint density at radius 2 is 1.88 bits per heavy atom. The Bertz CT molecular complexity index is 419. The summed E-state index contributed by atoms with van der Waals surface area (Å²) < 4.78 is 0. The molecule has 0 radical (unpaired) electrons. The third-order valence-electron chi connectivity index (χ3n) is 2.67. The maximum absolute atomic E-state index is 3.73. The van der Waals surface area contributed by atoms with Crippen LogP contribution in [0, 0.1) is 0 Å². The summed E-state index contributed by atoms with van der Waals surface area (Å²) in [7, 11) is 0. The average molecular weight is 230 g/mol. The van der Waals surface area contributed by atoms with Gasteiger partial charge in [-0.25, -0.2) is 0 Å². The van der Waals surface area contributed by atoms with Crippen molar-refractivity contribution in [3.63, 3.8) is 0 Å². The van der Waals surface area contributed by atoms with Gasteiger partial charge >= 0.3 is 0 Å². The first-order chi connectivity index (χ1) is 8.38. The zero-order valence-corrected chi connectivity index (χ0v) is 10.1. The highest BCUT2D eigenvalue weighted by Gasteiger charge is 1.96. The zero-order valence-electron chi connectivity index (χ0n) is 10.1. The molecule has 2 N–H and O–H groups in total. The molecule has 17 heavy (non-hydrogen) atoms. The van der Waals surface area contributed by atoms with Gasteiger partial charge in [-0.2, -0.15) is 0 Å². The first-order valence-corrected chi connectivity index (χ1v) is 6.02. The number of benzene rings is 1. The molecule has 2 rings (SSSR count). The van der Waals surface area contributed by atoms with Crippen molar-refractivity contribution in [2.45, 2.75) is 32.9 Å². The summed E-state index contributed by atoms with van der Waals surface area (Å²) in [5.74, 6) is 0. The minimum atomic E-state index is 0.768. The maximum atomic E-state index is 3.73. The molecule has 0 saturated heterocycles. The second kappa shape index (κ2) is 6.15. The van der Waals surface area contributed by atoms with Crippen LogP contribution in [0.2, 0.25) is 0 Å². The third kappa shape index (κ3) is 3.67. The van der Waals surface area contributed by atoms with E-state index in [1.165, 1.54) is 17.5 Å². The van der Waals surface area contributed by atoms with Crippen LogP contribution in [-0.4, -0.2) is 15.4 Å². The quantitative estimate of drug-likeness (QED) is 0.798. The number of nitrogens with zero attached hydrogens (tertiary/aromatic N) is 2. The smallest absolute Gasteiger partial charge is 0.0735 e. The maximum Gasteiger partial charge on any atom is 0.0735 e. The van der Waals surface area contributed by atoms with Gasteiger partial charge in [0.15, 0.2) is 0 Å². The number of aromatic amines is 1. The first kappa shape index (κ1) is 11.8. The molecule has 90 valence electrons. The van der Waals surface area contributed by atoms with Crippen molar-refractivity contribution in [2.24, 2.45) is 0 Å². The Kier molecular flexibility index (Phi) is 4.27. The van der Waals surface area contributed by atoms with Crippen molar-refractivity contribution >= 4 is 0 Å². The summed E-state index contributed by atoms with van der Waals surface area (Å²) in [5, 5.41) is 13.6. The van der Waals surface area contributed by atoms with E-state index in [4.69, 9.17) is 0 Å². The third-order valence-corrected chi connectivity index (χ3v) is 2.67. The molecule has 0 atom stereocenters. The van der Waals surface area contributed by atoms with Crippen LogP contribution in [0.5, 0.6) is 0 Å². The average Bonchev–Trinajstić information content (AvgIpc) is 2.85. The Balaban J connectivity index is 1.79. The second-order valence-electron chi connectivity index (χ2n) is 4.15. The minimum Gasteiger partial charge on any atom is -0.307 e. The van der Waals surface area contributed by atoms with Crippen LogP contribution < -0.4 is 5.32 Å². The molecule has 0 amide bonds. The van der Waals surface area contributed by atoms with Crippen molar-refractivity contribution in [2.75, 3.05) is 0 Å². The fourth-order valence-electron chi connectivity index (χ4n) is 1.76. The van der Waals surface area contributed by atoms with E-state index in [-0.39, 0.29) is 0 Å². The first-order valence-electron chi connectivity index (χ1n) is 6.02. The zero-order chi connectivity index (χ0) is 11.9. The van der Waals surface area contributed by atoms with Crippen molar-refractivity contribution in [3.8, 4) is 0 Å². The lowest BCUT2D eigenvalue weighted by molar-refractivity contribution is 0.677. The van der Waals surface area contributed by atoms with Crippen LogP contribution in [0.4, 0.5) is 0 Å². The predicted molar refractivity (Wildman–Crippen MR) is 67.4 cm³/mol. The Hall–Kier alpha value is -1.68.